The summed E-state index contributed by atoms with van der Waals surface area (Å²) in [6.45, 7) is 2.83. The molecule has 5 rings (SSSR count). The molecule has 1 aromatic heterocycles. The number of thioether (sulfide) groups is 1. The Balaban J connectivity index is 1.39. The largest absolute Gasteiger partial charge is 0.492 e. The molecule has 5 nitrogen and oxygen atoms in total. The van der Waals surface area contributed by atoms with Gasteiger partial charge in [0.15, 0.2) is 0 Å². The second-order valence-corrected chi connectivity index (χ2v) is 9.63. The van der Waals surface area contributed by atoms with Crippen molar-refractivity contribution >= 4 is 39.9 Å². The van der Waals surface area contributed by atoms with Crippen LogP contribution in [0, 0.1) is 11.6 Å². The quantitative estimate of drug-likeness (QED) is 0.245. The molecule has 0 saturated carbocycles. The number of imide groups is 1. The van der Waals surface area contributed by atoms with Gasteiger partial charge in [-0.3, -0.25) is 14.5 Å². The number of nitrogens with zero attached hydrogens (tertiary/aromatic N) is 2. The number of para-hydroxylation sites is 1. The van der Waals surface area contributed by atoms with Crippen LogP contribution in [-0.2, 0) is 17.8 Å². The van der Waals surface area contributed by atoms with Crippen LogP contribution in [0.25, 0.3) is 17.0 Å². The summed E-state index contributed by atoms with van der Waals surface area (Å²) >= 11 is 0.901. The minimum Gasteiger partial charge on any atom is -0.492 e. The molecule has 0 bridgehead atoms. The van der Waals surface area contributed by atoms with Gasteiger partial charge in [-0.2, -0.15) is 0 Å². The van der Waals surface area contributed by atoms with Crippen molar-refractivity contribution in [3.8, 4) is 5.75 Å². The minimum atomic E-state index is -0.371. The van der Waals surface area contributed by atoms with E-state index in [-0.39, 0.29) is 35.9 Å². The summed E-state index contributed by atoms with van der Waals surface area (Å²) in [6.07, 6.45) is 4.56. The van der Waals surface area contributed by atoms with Gasteiger partial charge in [-0.15, -0.1) is 0 Å². The van der Waals surface area contributed by atoms with Crippen LogP contribution >= 0.6 is 11.8 Å². The molecule has 1 aliphatic heterocycles. The van der Waals surface area contributed by atoms with Gasteiger partial charge in [-0.05, 0) is 71.8 Å². The van der Waals surface area contributed by atoms with E-state index in [1.165, 1.54) is 36.4 Å². The zero-order valence-corrected chi connectivity index (χ0v) is 20.9. The van der Waals surface area contributed by atoms with Crippen LogP contribution in [0.5, 0.6) is 5.75 Å². The minimum absolute atomic E-state index is 0.0890. The van der Waals surface area contributed by atoms with Gasteiger partial charge in [-0.25, -0.2) is 8.78 Å². The van der Waals surface area contributed by atoms with E-state index in [4.69, 9.17) is 4.74 Å². The lowest BCUT2D eigenvalue weighted by molar-refractivity contribution is -0.123. The molecule has 0 unspecified atom stereocenters. The first-order valence-electron chi connectivity index (χ1n) is 11.9. The molecule has 2 heterocycles. The fraction of sp³-hybridized carbons (Fsp3) is 0.172. The molecule has 8 heteroatoms. The molecular formula is C29H24F2N2O3S. The van der Waals surface area contributed by atoms with Gasteiger partial charge in [-0.1, -0.05) is 37.3 Å². The molecule has 0 aliphatic carbocycles. The lowest BCUT2D eigenvalue weighted by Gasteiger charge is -2.13. The number of rotatable bonds is 8. The molecular weight excluding hydrogens is 494 g/mol. The van der Waals surface area contributed by atoms with E-state index in [0.717, 1.165) is 50.7 Å². The number of amides is 2. The van der Waals surface area contributed by atoms with Crippen LogP contribution in [0.15, 0.2) is 77.8 Å². The number of carbonyl (C=O) groups excluding carboxylic acids is 2. The SMILES string of the molecule is CCc1cccc2c(/C=C3\SC(=O)N(CCOc4ccc(F)cc4)C3=O)cn(Cc3ccc(F)cc3)c12. The highest BCUT2D eigenvalue weighted by Gasteiger charge is 2.35. The molecule has 4 aromatic rings. The number of carbonyl (C=O) groups is 2. The van der Waals surface area contributed by atoms with Crippen LogP contribution < -0.4 is 4.74 Å². The molecule has 2 amide bonds. The monoisotopic (exact) mass is 518 g/mol. The summed E-state index contributed by atoms with van der Waals surface area (Å²) in [5.41, 5.74) is 4.00. The van der Waals surface area contributed by atoms with Gasteiger partial charge in [0.05, 0.1) is 17.0 Å². The van der Waals surface area contributed by atoms with E-state index in [0.29, 0.717) is 17.2 Å². The van der Waals surface area contributed by atoms with Crippen LogP contribution in [-0.4, -0.2) is 33.8 Å². The maximum absolute atomic E-state index is 13.4. The van der Waals surface area contributed by atoms with Gasteiger partial charge in [0.25, 0.3) is 11.1 Å². The Bertz CT molecular complexity index is 1490. The summed E-state index contributed by atoms with van der Waals surface area (Å²) in [5.74, 6) is -0.559. The number of benzene rings is 3. The topological polar surface area (TPSA) is 51.5 Å². The Morgan fingerprint density at radius 1 is 0.946 bits per heavy atom. The number of aryl methyl sites for hydroxylation is 1. The van der Waals surface area contributed by atoms with E-state index >= 15 is 0 Å². The Morgan fingerprint density at radius 3 is 2.35 bits per heavy atom. The lowest BCUT2D eigenvalue weighted by Crippen LogP contribution is -2.32. The molecule has 1 aliphatic rings. The molecule has 0 N–H and O–H groups in total. The Labute approximate surface area is 217 Å². The van der Waals surface area contributed by atoms with Gasteiger partial charge in [0, 0.05) is 23.7 Å². The van der Waals surface area contributed by atoms with Gasteiger partial charge >= 0.3 is 0 Å². The summed E-state index contributed by atoms with van der Waals surface area (Å²) in [5, 5.41) is 0.621. The first-order chi connectivity index (χ1) is 17.9. The average molecular weight is 519 g/mol. The van der Waals surface area contributed by atoms with Crippen molar-refractivity contribution in [3.05, 3.63) is 106 Å². The summed E-state index contributed by atoms with van der Waals surface area (Å²) < 4.78 is 34.1. The predicted octanol–water partition coefficient (Wildman–Crippen LogP) is 6.65. The third kappa shape index (κ3) is 5.29. The number of aromatic nitrogens is 1. The molecule has 1 fully saturated rings. The smallest absolute Gasteiger partial charge is 0.293 e. The number of hydrogen-bond acceptors (Lipinski definition) is 4. The molecule has 37 heavy (non-hydrogen) atoms. The van der Waals surface area contributed by atoms with Gasteiger partial charge in [0.2, 0.25) is 0 Å². The van der Waals surface area contributed by atoms with Crippen molar-refractivity contribution < 1.29 is 23.1 Å². The number of hydrogen-bond donors (Lipinski definition) is 0. The van der Waals surface area contributed by atoms with E-state index in [9.17, 15) is 18.4 Å². The summed E-state index contributed by atoms with van der Waals surface area (Å²) in [6, 6.07) is 18.0. The predicted molar refractivity (Wildman–Crippen MR) is 141 cm³/mol. The van der Waals surface area contributed by atoms with Crippen molar-refractivity contribution in [3.63, 3.8) is 0 Å². The number of fused-ring (bicyclic) bond motifs is 1. The zero-order chi connectivity index (χ0) is 25.9. The van der Waals surface area contributed by atoms with E-state index in [1.807, 2.05) is 18.3 Å². The van der Waals surface area contributed by atoms with Crippen molar-refractivity contribution in [2.24, 2.45) is 0 Å². The second-order valence-electron chi connectivity index (χ2n) is 8.64. The number of ether oxygens (including phenoxy) is 1. The maximum atomic E-state index is 13.4. The van der Waals surface area contributed by atoms with E-state index < -0.39 is 0 Å². The van der Waals surface area contributed by atoms with E-state index in [2.05, 4.69) is 17.6 Å². The molecule has 1 saturated heterocycles. The lowest BCUT2D eigenvalue weighted by atomic mass is 10.1. The highest BCUT2D eigenvalue weighted by atomic mass is 32.2. The summed E-state index contributed by atoms with van der Waals surface area (Å²) in [7, 11) is 0. The Morgan fingerprint density at radius 2 is 1.65 bits per heavy atom. The highest BCUT2D eigenvalue weighted by Crippen LogP contribution is 2.35. The Hall–Kier alpha value is -3.91. The fourth-order valence-electron chi connectivity index (χ4n) is 4.40. The first-order valence-corrected chi connectivity index (χ1v) is 12.7. The highest BCUT2D eigenvalue weighted by molar-refractivity contribution is 8.18. The summed E-state index contributed by atoms with van der Waals surface area (Å²) in [4.78, 5) is 27.2. The standard InChI is InChI=1S/C29H24F2N2O3S/c1-2-20-4-3-5-25-21(18-32(27(20)25)17-19-6-8-22(30)9-7-19)16-26-28(34)33(29(35)37-26)14-15-36-24-12-10-23(31)11-13-24/h3-13,16,18H,2,14-15,17H2,1H3/b26-16-. The third-order valence-electron chi connectivity index (χ3n) is 6.22. The zero-order valence-electron chi connectivity index (χ0n) is 20.1. The molecule has 0 spiro atoms. The molecule has 0 atom stereocenters. The Kier molecular flexibility index (Phi) is 7.10. The fourth-order valence-corrected chi connectivity index (χ4v) is 5.25. The normalized spacial score (nSPS) is 14.8. The van der Waals surface area contributed by atoms with Gasteiger partial charge < -0.3 is 9.30 Å². The van der Waals surface area contributed by atoms with Crippen LogP contribution in [0.2, 0.25) is 0 Å². The molecule has 3 aromatic carbocycles. The first kappa shape index (κ1) is 24.8. The van der Waals surface area contributed by atoms with Crippen molar-refractivity contribution in [2.75, 3.05) is 13.2 Å². The molecule has 188 valence electrons. The third-order valence-corrected chi connectivity index (χ3v) is 7.12. The second kappa shape index (κ2) is 10.6. The van der Waals surface area contributed by atoms with Crippen LogP contribution in [0.1, 0.15) is 23.6 Å². The van der Waals surface area contributed by atoms with Crippen molar-refractivity contribution in [2.45, 2.75) is 19.9 Å². The number of halogens is 2. The average Bonchev–Trinajstić information content (AvgIpc) is 3.38. The molecule has 0 radical (unpaired) electrons. The maximum Gasteiger partial charge on any atom is 0.293 e. The van der Waals surface area contributed by atoms with Crippen LogP contribution in [0.4, 0.5) is 13.6 Å². The van der Waals surface area contributed by atoms with E-state index in [1.54, 1.807) is 18.2 Å². The van der Waals surface area contributed by atoms with Gasteiger partial charge in [0.1, 0.15) is 24.0 Å². The van der Waals surface area contributed by atoms with Crippen molar-refractivity contribution in [1.29, 1.82) is 0 Å². The van der Waals surface area contributed by atoms with Crippen molar-refractivity contribution in [1.82, 2.24) is 9.47 Å². The van der Waals surface area contributed by atoms with Crippen LogP contribution in [0.3, 0.4) is 0 Å².